The van der Waals surface area contributed by atoms with E-state index >= 15 is 0 Å². The lowest BCUT2D eigenvalue weighted by atomic mass is 10.1. The van der Waals surface area contributed by atoms with E-state index in [0.717, 1.165) is 24.4 Å². The highest BCUT2D eigenvalue weighted by molar-refractivity contribution is 7.13. The van der Waals surface area contributed by atoms with Gasteiger partial charge in [-0.25, -0.2) is 0 Å². The number of hydrogen-bond donors (Lipinski definition) is 0. The highest BCUT2D eigenvalue weighted by Gasteiger charge is 2.11. The van der Waals surface area contributed by atoms with Gasteiger partial charge in [-0.2, -0.15) is 0 Å². The third-order valence-corrected chi connectivity index (χ3v) is 4.79. The van der Waals surface area contributed by atoms with Crippen LogP contribution in [0.4, 0.5) is 0 Å². The Morgan fingerprint density at radius 3 is 2.52 bits per heavy atom. The third-order valence-electron chi connectivity index (χ3n) is 3.90. The Morgan fingerprint density at radius 1 is 1.00 bits per heavy atom. The molecule has 0 spiro atoms. The molecule has 118 valence electrons. The fourth-order valence-corrected chi connectivity index (χ4v) is 3.51. The van der Waals surface area contributed by atoms with Gasteiger partial charge in [-0.05, 0) is 48.4 Å². The molecule has 0 amide bonds. The van der Waals surface area contributed by atoms with E-state index in [1.807, 2.05) is 30.3 Å². The lowest BCUT2D eigenvalue weighted by Gasteiger charge is -2.13. The first kappa shape index (κ1) is 15.6. The van der Waals surface area contributed by atoms with Crippen molar-refractivity contribution >= 4 is 17.3 Å². The number of benzene rings is 1. The number of rotatable bonds is 7. The fourth-order valence-electron chi connectivity index (χ4n) is 2.75. The molecule has 0 unspecified atom stereocenters. The number of aromatic nitrogens is 1. The molecule has 0 atom stereocenters. The van der Waals surface area contributed by atoms with Crippen molar-refractivity contribution in [1.82, 2.24) is 4.57 Å². The van der Waals surface area contributed by atoms with Gasteiger partial charge >= 0.3 is 0 Å². The van der Waals surface area contributed by atoms with Crippen molar-refractivity contribution in [3.63, 3.8) is 0 Å². The van der Waals surface area contributed by atoms with E-state index in [4.69, 9.17) is 0 Å². The molecule has 0 N–H and O–H groups in total. The summed E-state index contributed by atoms with van der Waals surface area (Å²) in [5.41, 5.74) is 3.49. The van der Waals surface area contributed by atoms with E-state index < -0.39 is 5.97 Å². The topological polar surface area (TPSA) is 45.1 Å². The molecule has 0 aliphatic heterocycles. The first-order valence-corrected chi connectivity index (χ1v) is 8.58. The van der Waals surface area contributed by atoms with E-state index in [2.05, 4.69) is 34.2 Å². The monoisotopic (exact) mass is 324 g/mol. The standard InChI is InChI=1S/C19H19NO2S/c21-19(22)11-9-16-8-10-17(18-7-4-14-23-18)20(16)13-12-15-5-2-1-3-6-15/h1-8,10,14H,9,11-13H2,(H,21,22)/p-1. The number of hydrogen-bond acceptors (Lipinski definition) is 3. The number of aliphatic carboxylic acids is 1. The van der Waals surface area contributed by atoms with Crippen LogP contribution in [0.15, 0.2) is 60.0 Å². The zero-order valence-corrected chi connectivity index (χ0v) is 13.6. The molecule has 2 aromatic heterocycles. The molecule has 0 fully saturated rings. The summed E-state index contributed by atoms with van der Waals surface area (Å²) in [6.07, 6.45) is 1.48. The molecular weight excluding hydrogens is 306 g/mol. The molecule has 0 radical (unpaired) electrons. The molecule has 3 nitrogen and oxygen atoms in total. The number of carboxylic acids is 1. The summed E-state index contributed by atoms with van der Waals surface area (Å²) in [7, 11) is 0. The molecule has 23 heavy (non-hydrogen) atoms. The van der Waals surface area contributed by atoms with E-state index in [-0.39, 0.29) is 6.42 Å². The molecule has 0 saturated heterocycles. The summed E-state index contributed by atoms with van der Waals surface area (Å²) in [5, 5.41) is 12.8. The van der Waals surface area contributed by atoms with E-state index in [9.17, 15) is 9.90 Å². The van der Waals surface area contributed by atoms with E-state index in [0.29, 0.717) is 6.42 Å². The van der Waals surface area contributed by atoms with Crippen molar-refractivity contribution in [2.24, 2.45) is 0 Å². The predicted molar refractivity (Wildman–Crippen MR) is 91.2 cm³/mol. The van der Waals surface area contributed by atoms with Gasteiger partial charge < -0.3 is 14.5 Å². The van der Waals surface area contributed by atoms with Crippen LogP contribution in [0.2, 0.25) is 0 Å². The maximum atomic E-state index is 10.8. The molecule has 0 saturated carbocycles. The number of nitrogens with zero attached hydrogens (tertiary/aromatic N) is 1. The van der Waals surface area contributed by atoms with Crippen LogP contribution in [0, 0.1) is 0 Å². The number of carbonyl (C=O) groups is 1. The lowest BCUT2D eigenvalue weighted by Crippen LogP contribution is -2.23. The van der Waals surface area contributed by atoms with Crippen LogP contribution in [0.1, 0.15) is 17.7 Å². The van der Waals surface area contributed by atoms with Gasteiger partial charge in [0.2, 0.25) is 0 Å². The van der Waals surface area contributed by atoms with Crippen molar-refractivity contribution in [3.05, 3.63) is 71.2 Å². The Morgan fingerprint density at radius 2 is 1.83 bits per heavy atom. The van der Waals surface area contributed by atoms with Crippen LogP contribution >= 0.6 is 11.3 Å². The Kier molecular flexibility index (Phi) is 4.93. The predicted octanol–water partition coefficient (Wildman–Crippen LogP) is 3.14. The molecule has 4 heteroatoms. The van der Waals surface area contributed by atoms with Gasteiger partial charge in [0.1, 0.15) is 0 Å². The van der Waals surface area contributed by atoms with Gasteiger partial charge in [-0.3, -0.25) is 0 Å². The van der Waals surface area contributed by atoms with Crippen LogP contribution < -0.4 is 5.11 Å². The van der Waals surface area contributed by atoms with Gasteiger partial charge in [0.25, 0.3) is 0 Å². The molecule has 3 rings (SSSR count). The molecule has 0 bridgehead atoms. The van der Waals surface area contributed by atoms with Gasteiger partial charge in [0.15, 0.2) is 0 Å². The quantitative estimate of drug-likeness (QED) is 0.670. The second kappa shape index (κ2) is 7.29. The summed E-state index contributed by atoms with van der Waals surface area (Å²) in [5.74, 6) is -1.00. The summed E-state index contributed by atoms with van der Waals surface area (Å²) in [4.78, 5) is 12.0. The Bertz CT molecular complexity index is 760. The summed E-state index contributed by atoms with van der Waals surface area (Å²) in [6.45, 7) is 0.840. The van der Waals surface area contributed by atoms with Gasteiger partial charge in [-0.15, -0.1) is 11.3 Å². The summed E-state index contributed by atoms with van der Waals surface area (Å²) < 4.78 is 2.24. The van der Waals surface area contributed by atoms with Crippen LogP contribution in [0.5, 0.6) is 0 Å². The average molecular weight is 324 g/mol. The van der Waals surface area contributed by atoms with Crippen LogP contribution in [-0.4, -0.2) is 10.5 Å². The zero-order chi connectivity index (χ0) is 16.1. The fraction of sp³-hybridized carbons (Fsp3) is 0.211. The van der Waals surface area contributed by atoms with Gasteiger partial charge in [0, 0.05) is 18.2 Å². The van der Waals surface area contributed by atoms with Crippen LogP contribution in [0.3, 0.4) is 0 Å². The Labute approximate surface area is 139 Å². The molecule has 1 aromatic carbocycles. The van der Waals surface area contributed by atoms with Crippen molar-refractivity contribution in [1.29, 1.82) is 0 Å². The highest BCUT2D eigenvalue weighted by atomic mass is 32.1. The normalized spacial score (nSPS) is 10.8. The smallest absolute Gasteiger partial charge is 0.0584 e. The first-order chi connectivity index (χ1) is 11.2. The maximum absolute atomic E-state index is 10.8. The van der Waals surface area contributed by atoms with Crippen LogP contribution in [-0.2, 0) is 24.2 Å². The number of carbonyl (C=O) groups excluding carboxylic acids is 1. The van der Waals surface area contributed by atoms with Gasteiger partial charge in [-0.1, -0.05) is 36.4 Å². The second-order valence-corrected chi connectivity index (χ2v) is 6.39. The molecule has 0 aliphatic carbocycles. The van der Waals surface area contributed by atoms with Crippen molar-refractivity contribution < 1.29 is 9.90 Å². The van der Waals surface area contributed by atoms with Crippen LogP contribution in [0.25, 0.3) is 10.6 Å². The van der Waals surface area contributed by atoms with E-state index in [1.165, 1.54) is 10.4 Å². The average Bonchev–Trinajstić information content (AvgIpc) is 3.21. The second-order valence-electron chi connectivity index (χ2n) is 5.45. The van der Waals surface area contributed by atoms with E-state index in [1.54, 1.807) is 11.3 Å². The minimum atomic E-state index is -1.00. The first-order valence-electron chi connectivity index (χ1n) is 7.70. The Balaban J connectivity index is 1.84. The number of carboxylic acid groups (broad SMARTS) is 1. The SMILES string of the molecule is O=C([O-])CCc1ccc(-c2cccs2)n1CCc1ccccc1. The maximum Gasteiger partial charge on any atom is 0.0584 e. The van der Waals surface area contributed by atoms with Gasteiger partial charge in [0.05, 0.1) is 10.6 Å². The van der Waals surface area contributed by atoms with Crippen molar-refractivity contribution in [2.45, 2.75) is 25.8 Å². The largest absolute Gasteiger partial charge is 0.550 e. The molecular formula is C19H18NO2S-. The minimum Gasteiger partial charge on any atom is -0.550 e. The third kappa shape index (κ3) is 3.90. The zero-order valence-electron chi connectivity index (χ0n) is 12.8. The molecule has 3 aromatic rings. The Hall–Kier alpha value is -2.33. The van der Waals surface area contributed by atoms with Crippen molar-refractivity contribution in [2.75, 3.05) is 0 Å². The minimum absolute atomic E-state index is 0.0548. The summed E-state index contributed by atoms with van der Waals surface area (Å²) in [6, 6.07) is 18.6. The number of thiophene rings is 1. The molecule has 2 heterocycles. The van der Waals surface area contributed by atoms with Crippen molar-refractivity contribution in [3.8, 4) is 10.6 Å². The highest BCUT2D eigenvalue weighted by Crippen LogP contribution is 2.28. The lowest BCUT2D eigenvalue weighted by molar-refractivity contribution is -0.305. The summed E-state index contributed by atoms with van der Waals surface area (Å²) >= 11 is 1.70. The number of aryl methyl sites for hydroxylation is 2. The molecule has 0 aliphatic rings.